The summed E-state index contributed by atoms with van der Waals surface area (Å²) in [5, 5.41) is 0. The normalized spacial score (nSPS) is 24.5. The third kappa shape index (κ3) is 4.12. The van der Waals surface area contributed by atoms with Crippen molar-refractivity contribution in [3.05, 3.63) is 0 Å². The van der Waals surface area contributed by atoms with E-state index in [0.29, 0.717) is 13.1 Å². The molecule has 0 saturated carbocycles. The van der Waals surface area contributed by atoms with Gasteiger partial charge < -0.3 is 10.6 Å². The highest BCUT2D eigenvalue weighted by molar-refractivity contribution is 4.89. The van der Waals surface area contributed by atoms with E-state index in [1.807, 2.05) is 19.0 Å². The summed E-state index contributed by atoms with van der Waals surface area (Å²) in [4.78, 5) is 3.53. The Kier molecular flexibility index (Phi) is 5.22. The Balaban J connectivity index is 2.71. The minimum atomic E-state index is -4.17. The van der Waals surface area contributed by atoms with Crippen LogP contribution in [0.15, 0.2) is 0 Å². The summed E-state index contributed by atoms with van der Waals surface area (Å²) >= 11 is 0. The quantitative estimate of drug-likeness (QED) is 0.801. The van der Waals surface area contributed by atoms with Gasteiger partial charge in [0, 0.05) is 12.6 Å². The molecule has 0 radical (unpaired) electrons. The van der Waals surface area contributed by atoms with Crippen LogP contribution in [0.25, 0.3) is 0 Å². The summed E-state index contributed by atoms with van der Waals surface area (Å²) in [7, 11) is 3.78. The minimum absolute atomic E-state index is 0.00294. The average molecular weight is 253 g/mol. The maximum atomic E-state index is 13.0. The number of hydrogen-bond acceptors (Lipinski definition) is 3. The molecule has 102 valence electrons. The molecule has 0 amide bonds. The molecule has 0 spiro atoms. The molecule has 1 heterocycles. The maximum Gasteiger partial charge on any atom is 0.404 e. The van der Waals surface area contributed by atoms with Crippen molar-refractivity contribution in [3.8, 4) is 0 Å². The average Bonchev–Trinajstić information content (AvgIpc) is 2.59. The zero-order valence-corrected chi connectivity index (χ0v) is 10.5. The molecule has 3 nitrogen and oxygen atoms in total. The summed E-state index contributed by atoms with van der Waals surface area (Å²) in [6.45, 7) is 1.29. The van der Waals surface area contributed by atoms with Crippen molar-refractivity contribution in [2.75, 3.05) is 33.7 Å². The maximum absolute atomic E-state index is 13.0. The van der Waals surface area contributed by atoms with Crippen LogP contribution in [-0.4, -0.2) is 61.8 Å². The summed E-state index contributed by atoms with van der Waals surface area (Å²) in [6.07, 6.45) is -2.49. The molecule has 1 saturated heterocycles. The van der Waals surface area contributed by atoms with Gasteiger partial charge in [0.1, 0.15) is 6.04 Å². The van der Waals surface area contributed by atoms with Crippen LogP contribution in [0, 0.1) is 0 Å². The molecule has 0 aromatic carbocycles. The van der Waals surface area contributed by atoms with Crippen LogP contribution < -0.4 is 5.73 Å². The van der Waals surface area contributed by atoms with E-state index in [4.69, 9.17) is 5.73 Å². The fourth-order valence-corrected chi connectivity index (χ4v) is 2.56. The van der Waals surface area contributed by atoms with Crippen LogP contribution in [0.2, 0.25) is 0 Å². The lowest BCUT2D eigenvalue weighted by molar-refractivity contribution is -0.187. The number of likely N-dealkylation sites (tertiary alicyclic amines) is 1. The smallest absolute Gasteiger partial charge is 0.330 e. The number of likely N-dealkylation sites (N-methyl/N-ethyl adjacent to an activating group) is 1. The lowest BCUT2D eigenvalue weighted by Gasteiger charge is -2.35. The number of nitrogens with two attached hydrogens (primary N) is 1. The molecule has 0 aromatic rings. The number of rotatable bonds is 5. The number of halogens is 3. The molecule has 1 fully saturated rings. The third-order valence-corrected chi connectivity index (χ3v) is 3.22. The van der Waals surface area contributed by atoms with Crippen LogP contribution in [0.1, 0.15) is 19.3 Å². The Hall–Kier alpha value is -0.330. The van der Waals surface area contributed by atoms with Gasteiger partial charge in [0.25, 0.3) is 0 Å². The number of nitrogens with zero attached hydrogens (tertiary/aromatic N) is 2. The largest absolute Gasteiger partial charge is 0.404 e. The Bertz CT molecular complexity index is 230. The van der Waals surface area contributed by atoms with Crippen LogP contribution in [0.3, 0.4) is 0 Å². The first-order chi connectivity index (χ1) is 7.86. The monoisotopic (exact) mass is 253 g/mol. The van der Waals surface area contributed by atoms with E-state index in [1.165, 1.54) is 0 Å². The van der Waals surface area contributed by atoms with Crippen LogP contribution in [0.4, 0.5) is 13.2 Å². The molecule has 2 unspecified atom stereocenters. The fourth-order valence-electron chi connectivity index (χ4n) is 2.56. The molecule has 6 heteroatoms. The van der Waals surface area contributed by atoms with Gasteiger partial charge in [0.05, 0.1) is 0 Å². The van der Waals surface area contributed by atoms with Crippen molar-refractivity contribution in [1.29, 1.82) is 0 Å². The van der Waals surface area contributed by atoms with Crippen LogP contribution in [0.5, 0.6) is 0 Å². The molecule has 1 aliphatic heterocycles. The second-order valence-corrected chi connectivity index (χ2v) is 4.93. The molecular weight excluding hydrogens is 231 g/mol. The molecular formula is C11H22F3N3. The molecule has 0 aliphatic carbocycles. The van der Waals surface area contributed by atoms with E-state index < -0.39 is 12.2 Å². The number of alkyl halides is 3. The van der Waals surface area contributed by atoms with Gasteiger partial charge >= 0.3 is 6.18 Å². The highest BCUT2D eigenvalue weighted by Crippen LogP contribution is 2.32. The first kappa shape index (κ1) is 14.7. The van der Waals surface area contributed by atoms with Crippen molar-refractivity contribution in [2.45, 2.75) is 37.5 Å². The predicted octanol–water partition coefficient (Wildman–Crippen LogP) is 1.29. The predicted molar refractivity (Wildman–Crippen MR) is 61.8 cm³/mol. The first-order valence-corrected chi connectivity index (χ1v) is 6.03. The van der Waals surface area contributed by atoms with E-state index in [-0.39, 0.29) is 19.0 Å². The zero-order chi connectivity index (χ0) is 13.1. The third-order valence-electron chi connectivity index (χ3n) is 3.22. The van der Waals surface area contributed by atoms with Gasteiger partial charge in [-0.2, -0.15) is 13.2 Å². The van der Waals surface area contributed by atoms with E-state index >= 15 is 0 Å². The van der Waals surface area contributed by atoms with E-state index in [2.05, 4.69) is 0 Å². The van der Waals surface area contributed by atoms with Gasteiger partial charge in [0.15, 0.2) is 0 Å². The lowest BCUT2D eigenvalue weighted by Crippen LogP contribution is -2.51. The lowest BCUT2D eigenvalue weighted by atomic mass is 10.1. The molecule has 17 heavy (non-hydrogen) atoms. The first-order valence-electron chi connectivity index (χ1n) is 6.03. The summed E-state index contributed by atoms with van der Waals surface area (Å²) in [5.41, 5.74) is 5.30. The Morgan fingerprint density at radius 3 is 2.53 bits per heavy atom. The van der Waals surface area contributed by atoms with Crippen molar-refractivity contribution >= 4 is 0 Å². The van der Waals surface area contributed by atoms with Crippen LogP contribution >= 0.6 is 0 Å². The van der Waals surface area contributed by atoms with Crippen LogP contribution in [-0.2, 0) is 0 Å². The summed E-state index contributed by atoms with van der Waals surface area (Å²) in [5.74, 6) is 0. The molecule has 1 aliphatic rings. The highest BCUT2D eigenvalue weighted by Gasteiger charge is 2.46. The molecule has 0 bridgehead atoms. The number of hydrogen-bond donors (Lipinski definition) is 1. The molecule has 1 rings (SSSR count). The molecule has 2 N–H and O–H groups in total. The Morgan fingerprint density at radius 2 is 2.06 bits per heavy atom. The SMILES string of the molecule is CN(C)CC1CCCN1C(CCN)C(F)(F)F. The fraction of sp³-hybridized carbons (Fsp3) is 1.00. The molecule has 2 atom stereocenters. The van der Waals surface area contributed by atoms with Crippen molar-refractivity contribution in [1.82, 2.24) is 9.80 Å². The summed E-state index contributed by atoms with van der Waals surface area (Å²) in [6, 6.07) is -1.37. The minimum Gasteiger partial charge on any atom is -0.330 e. The topological polar surface area (TPSA) is 32.5 Å². The summed E-state index contributed by atoms with van der Waals surface area (Å²) < 4.78 is 38.9. The van der Waals surface area contributed by atoms with E-state index in [0.717, 1.165) is 12.8 Å². The van der Waals surface area contributed by atoms with Gasteiger partial charge in [-0.3, -0.25) is 4.90 Å². The van der Waals surface area contributed by atoms with Gasteiger partial charge in [0.2, 0.25) is 0 Å². The van der Waals surface area contributed by atoms with Crippen molar-refractivity contribution < 1.29 is 13.2 Å². The highest BCUT2D eigenvalue weighted by atomic mass is 19.4. The molecule has 0 aromatic heterocycles. The second-order valence-electron chi connectivity index (χ2n) is 4.93. The van der Waals surface area contributed by atoms with Gasteiger partial charge in [-0.15, -0.1) is 0 Å². The Morgan fingerprint density at radius 1 is 1.41 bits per heavy atom. The second kappa shape index (κ2) is 6.02. The van der Waals surface area contributed by atoms with Crippen molar-refractivity contribution in [3.63, 3.8) is 0 Å². The standard InChI is InChI=1S/C11H22F3N3/c1-16(2)8-9-4-3-7-17(9)10(5-6-15)11(12,13)14/h9-10H,3-8,15H2,1-2H3. The Labute approximate surface area is 101 Å². The van der Waals surface area contributed by atoms with E-state index in [9.17, 15) is 13.2 Å². The van der Waals surface area contributed by atoms with Gasteiger partial charge in [-0.05, 0) is 46.4 Å². The van der Waals surface area contributed by atoms with Gasteiger partial charge in [-0.25, -0.2) is 0 Å². The zero-order valence-electron chi connectivity index (χ0n) is 10.5. The van der Waals surface area contributed by atoms with Gasteiger partial charge in [-0.1, -0.05) is 0 Å². The van der Waals surface area contributed by atoms with E-state index in [1.54, 1.807) is 4.90 Å². The van der Waals surface area contributed by atoms with Crippen molar-refractivity contribution in [2.24, 2.45) is 5.73 Å².